The average Bonchev–Trinajstić information content (AvgIpc) is 2.98. The zero-order chi connectivity index (χ0) is 22.1. The van der Waals surface area contributed by atoms with Gasteiger partial charge in [0.1, 0.15) is 17.2 Å². The smallest absolute Gasteiger partial charge is 0.332 e. The molecule has 2 aliphatic heterocycles. The fourth-order valence-electron chi connectivity index (χ4n) is 3.74. The minimum Gasteiger partial charge on any atom is -0.484 e. The minimum absolute atomic E-state index is 0.223. The topological polar surface area (TPSA) is 114 Å². The number of carboxylic acids is 1. The van der Waals surface area contributed by atoms with Gasteiger partial charge in [-0.1, -0.05) is 18.2 Å². The van der Waals surface area contributed by atoms with Crippen molar-refractivity contribution in [3.05, 3.63) is 42.1 Å². The van der Waals surface area contributed by atoms with Crippen LogP contribution < -0.4 is 10.1 Å². The van der Waals surface area contributed by atoms with E-state index in [-0.39, 0.29) is 12.3 Å². The van der Waals surface area contributed by atoms with Crippen molar-refractivity contribution in [2.75, 3.05) is 20.8 Å². The first-order chi connectivity index (χ1) is 14.2. The summed E-state index contributed by atoms with van der Waals surface area (Å²) in [5, 5.41) is 12.0. The Labute approximate surface area is 178 Å². The summed E-state index contributed by atoms with van der Waals surface area (Å²) >= 11 is 1.35. The maximum atomic E-state index is 12.6. The number of carbonyl (C=O) groups is 3. The molecule has 0 spiro atoms. The van der Waals surface area contributed by atoms with E-state index in [0.29, 0.717) is 5.75 Å². The number of aliphatic carboxylic acids is 1. The number of benzene rings is 1. The summed E-state index contributed by atoms with van der Waals surface area (Å²) in [5.74, 6) is -1.66. The molecule has 1 aromatic carbocycles. The van der Waals surface area contributed by atoms with E-state index in [9.17, 15) is 19.5 Å². The Hall–Kier alpha value is -2.72. The minimum atomic E-state index is -1.39. The molecule has 9 nitrogen and oxygen atoms in total. The number of nitrogens with one attached hydrogen (secondary N) is 1. The first-order valence-corrected chi connectivity index (χ1v) is 10.1. The van der Waals surface area contributed by atoms with Gasteiger partial charge in [0.05, 0.1) is 12.8 Å². The zero-order valence-corrected chi connectivity index (χ0v) is 17.9. The van der Waals surface area contributed by atoms with Gasteiger partial charge in [0.2, 0.25) is 5.72 Å². The third-order valence-corrected chi connectivity index (χ3v) is 6.67. The molecule has 2 N–H and O–H groups in total. The van der Waals surface area contributed by atoms with Gasteiger partial charge in [-0.3, -0.25) is 4.79 Å². The summed E-state index contributed by atoms with van der Waals surface area (Å²) in [6.45, 7) is 3.32. The maximum Gasteiger partial charge on any atom is 0.332 e. The SMILES string of the molecule is COC(=O)/C=C1/N2[C@@H](C(=O)O)C(C)(C)S[C@@H]2[C@@]1(NC(=O)COc1ccccc1)OC. The molecular weight excluding hydrogens is 412 g/mol. The van der Waals surface area contributed by atoms with Gasteiger partial charge in [-0.2, -0.15) is 0 Å². The number of esters is 1. The predicted octanol–water partition coefficient (Wildman–Crippen LogP) is 1.20. The third-order valence-electron chi connectivity index (χ3n) is 5.06. The quantitative estimate of drug-likeness (QED) is 0.370. The zero-order valence-electron chi connectivity index (χ0n) is 17.1. The lowest BCUT2D eigenvalue weighted by Crippen LogP contribution is -2.75. The van der Waals surface area contributed by atoms with E-state index in [0.717, 1.165) is 6.08 Å². The van der Waals surface area contributed by atoms with Crippen molar-refractivity contribution >= 4 is 29.6 Å². The number of hydrogen-bond acceptors (Lipinski definition) is 8. The molecule has 0 aliphatic carbocycles. The highest BCUT2D eigenvalue weighted by Crippen LogP contribution is 2.59. The second kappa shape index (κ2) is 8.19. The molecule has 0 saturated carbocycles. The highest BCUT2D eigenvalue weighted by molar-refractivity contribution is 8.01. The van der Waals surface area contributed by atoms with Gasteiger partial charge in [-0.05, 0) is 26.0 Å². The molecule has 0 radical (unpaired) electrons. The van der Waals surface area contributed by atoms with Crippen LogP contribution in [0.5, 0.6) is 5.75 Å². The van der Waals surface area contributed by atoms with Crippen molar-refractivity contribution in [1.29, 1.82) is 0 Å². The molecule has 2 aliphatic rings. The second-order valence-electron chi connectivity index (χ2n) is 7.36. The van der Waals surface area contributed by atoms with Crippen LogP contribution in [0.2, 0.25) is 0 Å². The van der Waals surface area contributed by atoms with Crippen LogP contribution in [0.25, 0.3) is 0 Å². The van der Waals surface area contributed by atoms with Crippen LogP contribution in [0.4, 0.5) is 0 Å². The molecule has 10 heteroatoms. The number of hydrogen-bond donors (Lipinski definition) is 2. The predicted molar refractivity (Wildman–Crippen MR) is 109 cm³/mol. The standard InChI is InChI=1S/C20H24N2O7S/c1-19(2)16(17(25)26)22-13(10-15(24)27-3)20(28-4,18(22)30-19)21-14(23)11-29-12-8-6-5-7-9-12/h5-10,16,18H,11H2,1-4H3,(H,21,23)(H,25,26)/b13-10+/t16-,18+,20-/m0/s1. The van der Waals surface area contributed by atoms with Crippen LogP contribution in [-0.4, -0.2) is 70.6 Å². The average molecular weight is 436 g/mol. The van der Waals surface area contributed by atoms with Crippen molar-refractivity contribution in [3.8, 4) is 5.75 Å². The summed E-state index contributed by atoms with van der Waals surface area (Å²) in [4.78, 5) is 38.1. The van der Waals surface area contributed by atoms with E-state index in [1.807, 2.05) is 6.07 Å². The summed E-state index contributed by atoms with van der Waals surface area (Å²) in [6, 6.07) is 7.93. The number of amides is 1. The molecule has 2 heterocycles. The van der Waals surface area contributed by atoms with Crippen molar-refractivity contribution in [2.45, 2.75) is 35.7 Å². The number of rotatable bonds is 7. The van der Waals surface area contributed by atoms with E-state index < -0.39 is 39.7 Å². The third kappa shape index (κ3) is 3.72. The molecule has 2 fully saturated rings. The Morgan fingerprint density at radius 1 is 1.23 bits per heavy atom. The molecule has 2 saturated heterocycles. The van der Waals surface area contributed by atoms with E-state index in [1.54, 1.807) is 43.0 Å². The lowest BCUT2D eigenvalue weighted by molar-refractivity contribution is -0.163. The highest BCUT2D eigenvalue weighted by Gasteiger charge is 2.70. The number of carbonyl (C=O) groups excluding carboxylic acids is 2. The van der Waals surface area contributed by atoms with Gasteiger partial charge in [0.25, 0.3) is 5.91 Å². The summed E-state index contributed by atoms with van der Waals surface area (Å²) in [5.41, 5.74) is -1.17. The van der Waals surface area contributed by atoms with Gasteiger partial charge in [0, 0.05) is 17.9 Å². The normalized spacial score (nSPS) is 27.7. The fourth-order valence-corrected chi connectivity index (χ4v) is 5.44. The molecule has 162 valence electrons. The molecule has 0 aromatic heterocycles. The van der Waals surface area contributed by atoms with Crippen LogP contribution in [0, 0.1) is 0 Å². The molecule has 3 atom stereocenters. The summed E-state index contributed by atoms with van der Waals surface area (Å²) in [7, 11) is 2.61. The fraction of sp³-hybridized carbons (Fsp3) is 0.450. The Balaban J connectivity index is 1.87. The molecule has 1 amide bonds. The van der Waals surface area contributed by atoms with Crippen LogP contribution in [-0.2, 0) is 23.9 Å². The van der Waals surface area contributed by atoms with Crippen LogP contribution in [0.1, 0.15) is 13.8 Å². The number of carboxylic acid groups (broad SMARTS) is 1. The number of fused-ring (bicyclic) bond motifs is 1. The van der Waals surface area contributed by atoms with Gasteiger partial charge in [-0.25, -0.2) is 9.59 Å². The van der Waals surface area contributed by atoms with Crippen molar-refractivity contribution in [3.63, 3.8) is 0 Å². The largest absolute Gasteiger partial charge is 0.484 e. The summed E-state index contributed by atoms with van der Waals surface area (Å²) < 4.78 is 15.2. The Bertz CT molecular complexity index is 873. The number of para-hydroxylation sites is 1. The second-order valence-corrected chi connectivity index (χ2v) is 9.10. The Morgan fingerprint density at radius 3 is 2.47 bits per heavy atom. The number of nitrogens with zero attached hydrogens (tertiary/aromatic N) is 1. The van der Waals surface area contributed by atoms with E-state index >= 15 is 0 Å². The van der Waals surface area contributed by atoms with E-state index in [2.05, 4.69) is 5.32 Å². The number of methoxy groups -OCH3 is 2. The van der Waals surface area contributed by atoms with Crippen LogP contribution in [0.3, 0.4) is 0 Å². The van der Waals surface area contributed by atoms with Gasteiger partial charge in [0.15, 0.2) is 6.61 Å². The Kier molecular flexibility index (Phi) is 6.00. The lowest BCUT2D eigenvalue weighted by atomic mass is 9.90. The maximum absolute atomic E-state index is 12.6. The van der Waals surface area contributed by atoms with E-state index in [4.69, 9.17) is 14.2 Å². The highest BCUT2D eigenvalue weighted by atomic mass is 32.2. The molecule has 1 aromatic rings. The van der Waals surface area contributed by atoms with Gasteiger partial charge in [-0.15, -0.1) is 11.8 Å². The molecule has 30 heavy (non-hydrogen) atoms. The van der Waals surface area contributed by atoms with Gasteiger partial charge < -0.3 is 29.5 Å². The molecular formula is C20H24N2O7S. The van der Waals surface area contributed by atoms with Crippen molar-refractivity contribution in [2.24, 2.45) is 0 Å². The van der Waals surface area contributed by atoms with Crippen molar-refractivity contribution < 1.29 is 33.7 Å². The van der Waals surface area contributed by atoms with Crippen molar-refractivity contribution in [1.82, 2.24) is 10.2 Å². The summed E-state index contributed by atoms with van der Waals surface area (Å²) in [6.07, 6.45) is 1.15. The Morgan fingerprint density at radius 2 is 1.90 bits per heavy atom. The number of thioether (sulfide) groups is 1. The first kappa shape index (κ1) is 22.0. The molecule has 0 bridgehead atoms. The first-order valence-electron chi connectivity index (χ1n) is 9.19. The lowest BCUT2D eigenvalue weighted by Gasteiger charge is -2.56. The van der Waals surface area contributed by atoms with Crippen LogP contribution >= 0.6 is 11.8 Å². The molecule has 3 rings (SSSR count). The van der Waals surface area contributed by atoms with Crippen LogP contribution in [0.15, 0.2) is 42.1 Å². The van der Waals surface area contributed by atoms with Gasteiger partial charge >= 0.3 is 11.9 Å². The van der Waals surface area contributed by atoms with E-state index in [1.165, 1.54) is 26.0 Å². The monoisotopic (exact) mass is 436 g/mol. The molecule has 0 unspecified atom stereocenters. The number of ether oxygens (including phenoxy) is 3.